The van der Waals surface area contributed by atoms with Crippen LogP contribution < -0.4 is 12.3 Å². The molecule has 73 valence electrons. The van der Waals surface area contributed by atoms with Crippen molar-refractivity contribution in [1.82, 2.24) is 12.3 Å². The molecule has 0 unspecified atom stereocenters. The first-order valence-electron chi connectivity index (χ1n) is 0. The van der Waals surface area contributed by atoms with Crippen LogP contribution in [0.2, 0.25) is 0 Å². The van der Waals surface area contributed by atoms with E-state index < -0.39 is 0 Å². The summed E-state index contributed by atoms with van der Waals surface area (Å²) in [5.41, 5.74) is 0. The molecule has 0 amide bonds. The summed E-state index contributed by atoms with van der Waals surface area (Å²) in [6, 6.07) is 0. The van der Waals surface area contributed by atoms with E-state index in [9.17, 15) is 0 Å². The van der Waals surface area contributed by atoms with Gasteiger partial charge in [-0.3, -0.25) is 0 Å². The summed E-state index contributed by atoms with van der Waals surface area (Å²) in [4.78, 5) is 0. The molecule has 0 heterocycles. The molecule has 0 aromatic carbocycles. The Balaban J connectivity index is 0. The molecule has 1 radical (unpaired) electrons. The van der Waals surface area contributed by atoms with Gasteiger partial charge in [0.1, 0.15) is 0 Å². The van der Waals surface area contributed by atoms with Gasteiger partial charge in [-0.2, -0.15) is 0 Å². The number of rotatable bonds is 0. The van der Waals surface area contributed by atoms with E-state index in [2.05, 4.69) is 0 Å². The maximum atomic E-state index is 0. The van der Waals surface area contributed by atoms with Crippen molar-refractivity contribution in [1.29, 1.82) is 0 Å². The van der Waals surface area contributed by atoms with Gasteiger partial charge in [-0.05, 0) is 0 Å². The van der Waals surface area contributed by atoms with Crippen molar-refractivity contribution < 1.29 is 20.1 Å². The molecule has 9 heteroatoms. The summed E-state index contributed by atoms with van der Waals surface area (Å²) >= 11 is 0. The molecule has 0 spiro atoms. The van der Waals surface area contributed by atoms with E-state index in [0.29, 0.717) is 0 Å². The average molecular weight is 447 g/mol. The quantitative estimate of drug-likeness (QED) is 0.573. The fraction of sp³-hybridized carbons (Fsp3) is 0. The van der Waals surface area contributed by atoms with Crippen molar-refractivity contribution >= 4 is 74.4 Å². The van der Waals surface area contributed by atoms with E-state index in [-0.39, 0.29) is 107 Å². The van der Waals surface area contributed by atoms with E-state index in [1.54, 1.807) is 0 Å². The summed E-state index contributed by atoms with van der Waals surface area (Å²) in [6.07, 6.45) is 0. The third kappa shape index (κ3) is 133. The molecule has 0 bridgehead atoms. The molecule has 0 saturated heterocycles. The van der Waals surface area contributed by atoms with Crippen molar-refractivity contribution in [3.05, 3.63) is 0 Å². The fourth-order valence-electron chi connectivity index (χ4n) is 0. The Kier molecular flexibility index (Phi) is 4200. The van der Waals surface area contributed by atoms with Crippen molar-refractivity contribution in [3.8, 4) is 0 Å². The van der Waals surface area contributed by atoms with Crippen molar-refractivity contribution in [3.63, 3.8) is 0 Å². The minimum atomic E-state index is 0. The summed E-state index contributed by atoms with van der Waals surface area (Å²) in [6.45, 7) is 0. The summed E-state index contributed by atoms with van der Waals surface area (Å²) < 4.78 is 0. The molecule has 2 nitrogen and oxygen atoms in total. The van der Waals surface area contributed by atoms with Crippen molar-refractivity contribution in [2.75, 3.05) is 0 Å². The zero-order valence-electron chi connectivity index (χ0n) is 4.78. The number of hydrogen-bond acceptors (Lipinski definition) is 0. The summed E-state index contributed by atoms with van der Waals surface area (Å²) in [5.74, 6) is 0. The van der Waals surface area contributed by atoms with Gasteiger partial charge in [0.05, 0.1) is 0 Å². The molecule has 0 fully saturated rings. The zero-order valence-corrected chi connectivity index (χ0v) is 12.1. The molecule has 0 saturated carbocycles. The van der Waals surface area contributed by atoms with Crippen LogP contribution in [0.25, 0.3) is 0 Å². The summed E-state index contributed by atoms with van der Waals surface area (Å²) in [7, 11) is 0. The first-order valence-corrected chi connectivity index (χ1v) is 0. The number of quaternary nitrogens is 2. The predicted molar refractivity (Wildman–Crippen MR) is 55.5 cm³/mol. The zero-order chi connectivity index (χ0) is 0. The molecule has 0 aliphatic carbocycles. The van der Waals surface area contributed by atoms with Crippen LogP contribution in [0.15, 0.2) is 0 Å². The predicted octanol–water partition coefficient (Wildman–Crippen LogP) is 3.28. The first kappa shape index (κ1) is 225. The molecule has 0 atom stereocenters. The second-order valence-electron chi connectivity index (χ2n) is 0. The van der Waals surface area contributed by atoms with Crippen LogP contribution in [-0.4, -0.2) is 0 Å². The molecule has 0 rings (SSSR count). The molecule has 9 heavy (non-hydrogen) atoms. The molecule has 0 aromatic rings. The van der Waals surface area contributed by atoms with Crippen LogP contribution in [0.5, 0.6) is 0 Å². The van der Waals surface area contributed by atoms with Crippen LogP contribution >= 0.6 is 74.4 Å². The van der Waals surface area contributed by atoms with Gasteiger partial charge in [0.2, 0.25) is 0 Å². The van der Waals surface area contributed by atoms with Crippen LogP contribution in [0.1, 0.15) is 0 Å². The van der Waals surface area contributed by atoms with Gasteiger partial charge in [-0.1, -0.05) is 0 Å². The Labute approximate surface area is 106 Å². The normalized spacial score (nSPS) is 0. The minimum absolute atomic E-state index is 0. The van der Waals surface area contributed by atoms with Crippen LogP contribution in [-0.2, 0) is 20.1 Å². The smallest absolute Gasteiger partial charge is 0 e. The van der Waals surface area contributed by atoms with E-state index >= 15 is 0 Å². The Bertz CT molecular complexity index is 11.0. The monoisotopic (exact) mass is 445 g/mol. The van der Waals surface area contributed by atoms with Gasteiger partial charge in [-0.15, -0.1) is 74.4 Å². The second kappa shape index (κ2) is 168. The van der Waals surface area contributed by atoms with Crippen molar-refractivity contribution in [2.45, 2.75) is 0 Å². The Hall–Kier alpha value is 2.31. The van der Waals surface area contributed by atoms with Gasteiger partial charge >= 0.3 is 0 Å². The topological polar surface area (TPSA) is 73.0 Å². The SMILES string of the molecule is Cl.Cl.Cl.Cl.Cl.Cl.[Ir].[NH4+].[NH4+]. The molecule has 8 N–H and O–H groups in total. The largest absolute Gasteiger partial charge is 0.369 e. The van der Waals surface area contributed by atoms with Crippen LogP contribution in [0.3, 0.4) is 0 Å². The second-order valence-corrected chi connectivity index (χ2v) is 0. The van der Waals surface area contributed by atoms with Gasteiger partial charge in [0, 0.05) is 20.1 Å². The number of halogens is 6. The Morgan fingerprint density at radius 3 is 0.333 bits per heavy atom. The van der Waals surface area contributed by atoms with E-state index in [0.717, 1.165) is 0 Å². The molecular formula is H14Cl6IrN2+2. The fourth-order valence-corrected chi connectivity index (χ4v) is 0. The maximum absolute atomic E-state index is 0. The van der Waals surface area contributed by atoms with Gasteiger partial charge in [0.25, 0.3) is 0 Å². The number of hydrogen-bond donors (Lipinski definition) is 2. The van der Waals surface area contributed by atoms with Crippen LogP contribution in [0.4, 0.5) is 0 Å². The molecule has 0 aromatic heterocycles. The molecule has 0 aliphatic rings. The van der Waals surface area contributed by atoms with Gasteiger partial charge in [0.15, 0.2) is 0 Å². The molecular weight excluding hydrogens is 433 g/mol. The average Bonchev–Trinajstić information content (AvgIpc) is 0. The van der Waals surface area contributed by atoms with Crippen molar-refractivity contribution in [2.24, 2.45) is 0 Å². The van der Waals surface area contributed by atoms with E-state index in [1.165, 1.54) is 0 Å². The van der Waals surface area contributed by atoms with Crippen LogP contribution in [0, 0.1) is 0 Å². The maximum Gasteiger partial charge on any atom is 0 e. The Morgan fingerprint density at radius 1 is 0.333 bits per heavy atom. The van der Waals surface area contributed by atoms with E-state index in [4.69, 9.17) is 0 Å². The van der Waals surface area contributed by atoms with Gasteiger partial charge < -0.3 is 12.3 Å². The van der Waals surface area contributed by atoms with E-state index in [1.807, 2.05) is 0 Å². The minimum Gasteiger partial charge on any atom is -0.369 e. The summed E-state index contributed by atoms with van der Waals surface area (Å²) in [5, 5.41) is 0. The Morgan fingerprint density at radius 2 is 0.333 bits per heavy atom. The third-order valence-electron chi connectivity index (χ3n) is 0. The third-order valence-corrected chi connectivity index (χ3v) is 0. The molecule has 0 aliphatic heterocycles. The van der Waals surface area contributed by atoms with Gasteiger partial charge in [-0.25, -0.2) is 0 Å². The first-order chi connectivity index (χ1) is 0. The standard InChI is InChI=1S/6ClH.Ir.2H3N/h6*1H;;2*1H3/p+2.